The standard InChI is InChI=1S/C68H132O17P2/c1-6-10-13-16-18-20-22-23-24-25-26-27-29-35-39-44-49-54-68(73)85-64(58-79-66(71)52-47-42-37-33-31-30-32-36-41-45-50-61(5)9-4)60-83-87(76,77)81-56-62(69)55-80-86(74,75)82-59-63(57-78-65(70)51-46-40-15-12-8-3)84-67(72)53-48-43-38-34-28-21-19-17-14-11-7-2/h61-64,69H,6-60H2,1-5H3,(H,74,75)(H,76,77)/t61?,62-,63+,64+/m0/s1. The Morgan fingerprint density at radius 3 is 0.816 bits per heavy atom. The number of carbonyl (C=O) groups is 4. The van der Waals surface area contributed by atoms with Crippen molar-refractivity contribution < 1.29 is 80.2 Å². The molecule has 6 atom stereocenters. The van der Waals surface area contributed by atoms with Gasteiger partial charge in [-0.1, -0.05) is 298 Å². The van der Waals surface area contributed by atoms with E-state index in [9.17, 15) is 43.2 Å². The fraction of sp³-hybridized carbons (Fsp3) is 0.941. The maximum Gasteiger partial charge on any atom is 0.472 e. The van der Waals surface area contributed by atoms with Gasteiger partial charge in [0.15, 0.2) is 12.2 Å². The van der Waals surface area contributed by atoms with Crippen LogP contribution in [0.15, 0.2) is 0 Å². The molecule has 0 rings (SSSR count). The molecule has 0 aromatic rings. The quantitative estimate of drug-likeness (QED) is 0.0222. The third-order valence-electron chi connectivity index (χ3n) is 16.1. The number of phosphoric ester groups is 2. The zero-order chi connectivity index (χ0) is 64.2. The van der Waals surface area contributed by atoms with Gasteiger partial charge in [0.25, 0.3) is 0 Å². The van der Waals surface area contributed by atoms with Crippen molar-refractivity contribution in [1.82, 2.24) is 0 Å². The molecule has 0 aromatic heterocycles. The van der Waals surface area contributed by atoms with Gasteiger partial charge in [-0.05, 0) is 31.6 Å². The van der Waals surface area contributed by atoms with E-state index in [-0.39, 0.29) is 25.7 Å². The number of phosphoric acid groups is 2. The van der Waals surface area contributed by atoms with E-state index in [1.165, 1.54) is 167 Å². The Labute approximate surface area is 530 Å². The van der Waals surface area contributed by atoms with Gasteiger partial charge in [0.2, 0.25) is 0 Å². The third-order valence-corrected chi connectivity index (χ3v) is 18.0. The van der Waals surface area contributed by atoms with Gasteiger partial charge in [-0.2, -0.15) is 0 Å². The molecule has 87 heavy (non-hydrogen) atoms. The SMILES string of the molecule is CCCCCCCCCCCCCCCCCCCC(=O)O[C@H](COC(=O)CCCCCCCCCCCCC(C)CC)COP(=O)(O)OC[C@@H](O)COP(=O)(O)OC[C@@H](COC(=O)CCCCCCC)OC(=O)CCCCCCCCCCCCC. The second-order valence-corrected chi connectivity index (χ2v) is 27.7. The van der Waals surface area contributed by atoms with Crippen LogP contribution in [0.5, 0.6) is 0 Å². The Bertz CT molecular complexity index is 1690. The van der Waals surface area contributed by atoms with Crippen molar-refractivity contribution in [1.29, 1.82) is 0 Å². The first-order valence-electron chi connectivity index (χ1n) is 35.7. The number of hydrogen-bond donors (Lipinski definition) is 3. The molecule has 0 aliphatic heterocycles. The predicted octanol–water partition coefficient (Wildman–Crippen LogP) is 19.4. The molecule has 3 unspecified atom stereocenters. The summed E-state index contributed by atoms with van der Waals surface area (Å²) in [5.74, 6) is -1.33. The smallest absolute Gasteiger partial charge is 0.462 e. The second-order valence-electron chi connectivity index (χ2n) is 24.8. The summed E-state index contributed by atoms with van der Waals surface area (Å²) in [5.41, 5.74) is 0. The van der Waals surface area contributed by atoms with E-state index in [4.69, 9.17) is 37.0 Å². The minimum absolute atomic E-state index is 0.106. The molecule has 0 radical (unpaired) electrons. The predicted molar refractivity (Wildman–Crippen MR) is 349 cm³/mol. The van der Waals surface area contributed by atoms with Crippen LogP contribution >= 0.6 is 15.6 Å². The second kappa shape index (κ2) is 61.6. The lowest BCUT2D eigenvalue weighted by Crippen LogP contribution is -2.30. The first-order valence-corrected chi connectivity index (χ1v) is 38.7. The lowest BCUT2D eigenvalue weighted by Gasteiger charge is -2.21. The van der Waals surface area contributed by atoms with Crippen LogP contribution in [0.2, 0.25) is 0 Å². The van der Waals surface area contributed by atoms with Crippen molar-refractivity contribution in [3.05, 3.63) is 0 Å². The van der Waals surface area contributed by atoms with Crippen LogP contribution in [0, 0.1) is 5.92 Å². The molecule has 0 saturated heterocycles. The molecule has 0 aromatic carbocycles. The van der Waals surface area contributed by atoms with Gasteiger partial charge in [-0.25, -0.2) is 9.13 Å². The Morgan fingerprint density at radius 2 is 0.552 bits per heavy atom. The summed E-state index contributed by atoms with van der Waals surface area (Å²) >= 11 is 0. The number of ether oxygens (including phenoxy) is 4. The number of carbonyl (C=O) groups excluding carboxylic acids is 4. The molecule has 0 bridgehead atoms. The molecule has 19 heteroatoms. The molecule has 3 N–H and O–H groups in total. The topological polar surface area (TPSA) is 237 Å². The van der Waals surface area contributed by atoms with Gasteiger partial charge >= 0.3 is 39.5 Å². The Morgan fingerprint density at radius 1 is 0.322 bits per heavy atom. The maximum absolute atomic E-state index is 13.0. The summed E-state index contributed by atoms with van der Waals surface area (Å²) in [4.78, 5) is 72.2. The van der Waals surface area contributed by atoms with E-state index >= 15 is 0 Å². The summed E-state index contributed by atoms with van der Waals surface area (Å²) in [5, 5.41) is 10.5. The van der Waals surface area contributed by atoms with Crippen molar-refractivity contribution in [2.24, 2.45) is 5.92 Å². The van der Waals surface area contributed by atoms with Crippen LogP contribution in [0.3, 0.4) is 0 Å². The van der Waals surface area contributed by atoms with Gasteiger partial charge in [0.1, 0.15) is 19.3 Å². The number of aliphatic hydroxyl groups excluding tert-OH is 1. The lowest BCUT2D eigenvalue weighted by atomic mass is 9.99. The molecule has 516 valence electrons. The van der Waals surface area contributed by atoms with Crippen LogP contribution in [0.4, 0.5) is 0 Å². The zero-order valence-electron chi connectivity index (χ0n) is 56.2. The number of hydrogen-bond acceptors (Lipinski definition) is 15. The highest BCUT2D eigenvalue weighted by molar-refractivity contribution is 7.47. The van der Waals surface area contributed by atoms with Gasteiger partial charge < -0.3 is 33.8 Å². The summed E-state index contributed by atoms with van der Waals surface area (Å²) in [6, 6.07) is 0. The van der Waals surface area contributed by atoms with Gasteiger partial charge in [0.05, 0.1) is 26.4 Å². The average Bonchev–Trinajstić information content (AvgIpc) is 3.71. The van der Waals surface area contributed by atoms with Crippen molar-refractivity contribution in [3.63, 3.8) is 0 Å². The lowest BCUT2D eigenvalue weighted by molar-refractivity contribution is -0.161. The summed E-state index contributed by atoms with van der Waals surface area (Å²) in [6.07, 6.45) is 47.4. The number of esters is 4. The van der Waals surface area contributed by atoms with Crippen molar-refractivity contribution >= 4 is 39.5 Å². The third kappa shape index (κ3) is 61.3. The van der Waals surface area contributed by atoms with Crippen LogP contribution in [0.25, 0.3) is 0 Å². The molecule has 0 spiro atoms. The van der Waals surface area contributed by atoms with Crippen molar-refractivity contribution in [3.8, 4) is 0 Å². The zero-order valence-corrected chi connectivity index (χ0v) is 57.9. The van der Waals surface area contributed by atoms with Crippen molar-refractivity contribution in [2.75, 3.05) is 39.6 Å². The largest absolute Gasteiger partial charge is 0.472 e. The minimum atomic E-state index is -4.95. The van der Waals surface area contributed by atoms with Crippen LogP contribution < -0.4 is 0 Å². The molecular formula is C68H132O17P2. The van der Waals surface area contributed by atoms with E-state index in [1.807, 2.05) is 0 Å². The van der Waals surface area contributed by atoms with Gasteiger partial charge in [-0.15, -0.1) is 0 Å². The maximum atomic E-state index is 13.0. The first kappa shape index (κ1) is 85.1. The molecular weight excluding hydrogens is 1150 g/mol. The van der Waals surface area contributed by atoms with Crippen LogP contribution in [0.1, 0.15) is 349 Å². The average molecular weight is 1280 g/mol. The van der Waals surface area contributed by atoms with E-state index in [1.54, 1.807) is 0 Å². The van der Waals surface area contributed by atoms with Gasteiger partial charge in [-0.3, -0.25) is 37.3 Å². The molecule has 0 saturated carbocycles. The van der Waals surface area contributed by atoms with Crippen LogP contribution in [-0.2, 0) is 65.4 Å². The Kier molecular flexibility index (Phi) is 60.2. The fourth-order valence-corrected chi connectivity index (χ4v) is 11.8. The first-order chi connectivity index (χ1) is 42.1. The molecule has 0 amide bonds. The molecule has 0 heterocycles. The number of unbranched alkanes of at least 4 members (excludes halogenated alkanes) is 39. The van der Waals surface area contributed by atoms with E-state index < -0.39 is 97.5 Å². The van der Waals surface area contributed by atoms with Crippen molar-refractivity contribution in [2.45, 2.75) is 368 Å². The highest BCUT2D eigenvalue weighted by Gasteiger charge is 2.30. The van der Waals surface area contributed by atoms with Crippen LogP contribution in [-0.4, -0.2) is 96.7 Å². The minimum Gasteiger partial charge on any atom is -0.462 e. The van der Waals surface area contributed by atoms with E-state index in [2.05, 4.69) is 34.6 Å². The molecule has 0 fully saturated rings. The summed E-state index contributed by atoms with van der Waals surface area (Å²) in [7, 11) is -9.88. The fourth-order valence-electron chi connectivity index (χ4n) is 10.3. The van der Waals surface area contributed by atoms with E-state index in [0.29, 0.717) is 25.7 Å². The highest BCUT2D eigenvalue weighted by Crippen LogP contribution is 2.45. The molecule has 17 nitrogen and oxygen atoms in total. The number of rotatable bonds is 68. The Balaban J connectivity index is 5.16. The molecule has 0 aliphatic carbocycles. The Hall–Kier alpha value is -1.94. The normalized spacial score (nSPS) is 14.4. The van der Waals surface area contributed by atoms with E-state index in [0.717, 1.165) is 102 Å². The molecule has 0 aliphatic rings. The summed E-state index contributed by atoms with van der Waals surface area (Å²) < 4.78 is 68.0. The highest BCUT2D eigenvalue weighted by atomic mass is 31.2. The van der Waals surface area contributed by atoms with Gasteiger partial charge in [0, 0.05) is 25.7 Å². The summed E-state index contributed by atoms with van der Waals surface area (Å²) in [6.45, 7) is 7.17. The monoisotopic (exact) mass is 1280 g/mol. The number of aliphatic hydroxyl groups is 1.